The normalized spacial score (nSPS) is 11.5. The molecule has 18 heavy (non-hydrogen) atoms. The lowest BCUT2D eigenvalue weighted by molar-refractivity contribution is 0.199. The highest BCUT2D eigenvalue weighted by Gasteiger charge is 2.12. The summed E-state index contributed by atoms with van der Waals surface area (Å²) in [6, 6.07) is 3.51. The van der Waals surface area contributed by atoms with Crippen molar-refractivity contribution in [3.63, 3.8) is 0 Å². The third-order valence-electron chi connectivity index (χ3n) is 2.69. The lowest BCUT2D eigenvalue weighted by Crippen LogP contribution is -2.18. The number of anilines is 2. The number of hydrogen-bond acceptors (Lipinski definition) is 4. The van der Waals surface area contributed by atoms with Gasteiger partial charge < -0.3 is 10.5 Å². The summed E-state index contributed by atoms with van der Waals surface area (Å²) >= 11 is 0. The standard InChI is InChI=1S/C12H20N2O3S/c1-9-7-11(13)12(8-10(9)2)14-18(15,16)6-4-5-17-3/h7-8,14H,4-6,13H2,1-3H3. The minimum atomic E-state index is -3.37. The van der Waals surface area contributed by atoms with Gasteiger partial charge in [0.15, 0.2) is 0 Å². The highest BCUT2D eigenvalue weighted by molar-refractivity contribution is 7.92. The zero-order valence-electron chi connectivity index (χ0n) is 11.0. The SMILES string of the molecule is COCCCS(=O)(=O)Nc1cc(C)c(C)cc1N. The molecule has 1 aromatic rings. The maximum atomic E-state index is 11.8. The number of ether oxygens (including phenoxy) is 1. The maximum absolute atomic E-state index is 11.8. The molecule has 1 aromatic carbocycles. The summed E-state index contributed by atoms with van der Waals surface area (Å²) in [6.07, 6.45) is 0.455. The molecule has 0 aromatic heterocycles. The van der Waals surface area contributed by atoms with Crippen molar-refractivity contribution in [3.05, 3.63) is 23.3 Å². The predicted molar refractivity (Wildman–Crippen MR) is 74.2 cm³/mol. The second kappa shape index (κ2) is 6.06. The first-order valence-corrected chi connectivity index (χ1v) is 7.37. The van der Waals surface area contributed by atoms with E-state index in [-0.39, 0.29) is 5.75 Å². The molecule has 0 unspecified atom stereocenters. The molecule has 0 radical (unpaired) electrons. The summed E-state index contributed by atoms with van der Waals surface area (Å²) < 4.78 is 30.9. The molecule has 0 heterocycles. The van der Waals surface area contributed by atoms with Gasteiger partial charge in [-0.15, -0.1) is 0 Å². The monoisotopic (exact) mass is 272 g/mol. The minimum absolute atomic E-state index is 0.0210. The van der Waals surface area contributed by atoms with Crippen molar-refractivity contribution in [2.45, 2.75) is 20.3 Å². The van der Waals surface area contributed by atoms with Crippen LogP contribution in [-0.2, 0) is 14.8 Å². The topological polar surface area (TPSA) is 81.4 Å². The van der Waals surface area contributed by atoms with Crippen molar-refractivity contribution in [3.8, 4) is 0 Å². The number of benzene rings is 1. The molecule has 0 saturated heterocycles. The van der Waals surface area contributed by atoms with E-state index >= 15 is 0 Å². The summed E-state index contributed by atoms with van der Waals surface area (Å²) in [5.74, 6) is 0.0210. The van der Waals surface area contributed by atoms with Crippen LogP contribution < -0.4 is 10.5 Å². The summed E-state index contributed by atoms with van der Waals surface area (Å²) in [5.41, 5.74) is 8.72. The lowest BCUT2D eigenvalue weighted by Gasteiger charge is -2.12. The Morgan fingerprint density at radius 1 is 1.28 bits per heavy atom. The highest BCUT2D eigenvalue weighted by Crippen LogP contribution is 2.24. The molecule has 102 valence electrons. The first kappa shape index (κ1) is 14.8. The average molecular weight is 272 g/mol. The highest BCUT2D eigenvalue weighted by atomic mass is 32.2. The fourth-order valence-electron chi connectivity index (χ4n) is 1.54. The second-order valence-corrected chi connectivity index (χ2v) is 6.13. The zero-order valence-corrected chi connectivity index (χ0v) is 11.8. The summed E-state index contributed by atoms with van der Waals surface area (Å²) in [7, 11) is -1.83. The first-order valence-electron chi connectivity index (χ1n) is 5.72. The van der Waals surface area contributed by atoms with Gasteiger partial charge in [0.1, 0.15) is 0 Å². The van der Waals surface area contributed by atoms with Gasteiger partial charge in [-0.3, -0.25) is 4.72 Å². The number of hydrogen-bond donors (Lipinski definition) is 2. The summed E-state index contributed by atoms with van der Waals surface area (Å²) in [4.78, 5) is 0. The van der Waals surface area contributed by atoms with Crippen molar-refractivity contribution in [2.24, 2.45) is 0 Å². The van der Waals surface area contributed by atoms with Gasteiger partial charge in [-0.25, -0.2) is 8.42 Å². The molecule has 0 fully saturated rings. The van der Waals surface area contributed by atoms with Gasteiger partial charge in [0, 0.05) is 13.7 Å². The molecule has 0 bridgehead atoms. The van der Waals surface area contributed by atoms with E-state index in [0.717, 1.165) is 11.1 Å². The molecule has 0 aliphatic heterocycles. The van der Waals surface area contributed by atoms with E-state index in [9.17, 15) is 8.42 Å². The number of nitrogen functional groups attached to an aromatic ring is 1. The van der Waals surface area contributed by atoms with Gasteiger partial charge in [-0.1, -0.05) is 0 Å². The Morgan fingerprint density at radius 3 is 2.50 bits per heavy atom. The third kappa shape index (κ3) is 4.19. The van der Waals surface area contributed by atoms with E-state index in [1.807, 2.05) is 13.8 Å². The fourth-order valence-corrected chi connectivity index (χ4v) is 2.65. The molecule has 5 nitrogen and oxygen atoms in total. The van der Waals surface area contributed by atoms with Crippen LogP contribution in [0.3, 0.4) is 0 Å². The Bertz CT molecular complexity index is 512. The number of nitrogens with one attached hydrogen (secondary N) is 1. The number of aryl methyl sites for hydroxylation is 2. The van der Waals surface area contributed by atoms with Crippen molar-refractivity contribution < 1.29 is 13.2 Å². The van der Waals surface area contributed by atoms with Gasteiger partial charge in [-0.05, 0) is 43.5 Å². The van der Waals surface area contributed by atoms with Crippen LogP contribution in [0.15, 0.2) is 12.1 Å². The molecule has 1 rings (SSSR count). The van der Waals surface area contributed by atoms with E-state index in [1.165, 1.54) is 0 Å². The van der Waals surface area contributed by atoms with Crippen LogP contribution in [0.4, 0.5) is 11.4 Å². The number of nitrogens with two attached hydrogens (primary N) is 1. The van der Waals surface area contributed by atoms with Crippen LogP contribution in [0.25, 0.3) is 0 Å². The Labute approximate surface area is 108 Å². The maximum Gasteiger partial charge on any atom is 0.232 e. The number of sulfonamides is 1. The first-order chi connectivity index (χ1) is 8.35. The summed E-state index contributed by atoms with van der Waals surface area (Å²) in [5, 5.41) is 0. The minimum Gasteiger partial charge on any atom is -0.397 e. The predicted octanol–water partition coefficient (Wildman–Crippen LogP) is 1.66. The lowest BCUT2D eigenvalue weighted by atomic mass is 10.1. The largest absolute Gasteiger partial charge is 0.397 e. The van der Waals surface area contributed by atoms with Crippen LogP contribution in [0, 0.1) is 13.8 Å². The van der Waals surface area contributed by atoms with Crippen LogP contribution >= 0.6 is 0 Å². The Morgan fingerprint density at radius 2 is 1.89 bits per heavy atom. The van der Waals surface area contributed by atoms with E-state index in [0.29, 0.717) is 24.4 Å². The molecule has 0 aliphatic rings. The van der Waals surface area contributed by atoms with Crippen LogP contribution in [0.5, 0.6) is 0 Å². The van der Waals surface area contributed by atoms with Crippen LogP contribution in [0.1, 0.15) is 17.5 Å². The average Bonchev–Trinajstić information content (AvgIpc) is 2.26. The molecule has 0 aliphatic carbocycles. The second-order valence-electron chi connectivity index (χ2n) is 4.29. The number of methoxy groups -OCH3 is 1. The summed E-state index contributed by atoms with van der Waals surface area (Å²) in [6.45, 7) is 4.27. The number of rotatable bonds is 6. The quantitative estimate of drug-likeness (QED) is 0.609. The Kier molecular flexibility index (Phi) is 4.98. The molecule has 6 heteroatoms. The van der Waals surface area contributed by atoms with Crippen LogP contribution in [0.2, 0.25) is 0 Å². The molecule has 0 spiro atoms. The van der Waals surface area contributed by atoms with Crippen molar-refractivity contribution in [1.82, 2.24) is 0 Å². The Hall–Kier alpha value is -1.27. The Balaban J connectivity index is 2.81. The third-order valence-corrected chi connectivity index (χ3v) is 4.05. The van der Waals surface area contributed by atoms with Gasteiger partial charge in [0.25, 0.3) is 0 Å². The molecular formula is C12H20N2O3S. The van der Waals surface area contributed by atoms with Gasteiger partial charge >= 0.3 is 0 Å². The fraction of sp³-hybridized carbons (Fsp3) is 0.500. The van der Waals surface area contributed by atoms with Crippen molar-refractivity contribution >= 4 is 21.4 Å². The zero-order chi connectivity index (χ0) is 13.8. The van der Waals surface area contributed by atoms with E-state index in [2.05, 4.69) is 4.72 Å². The molecular weight excluding hydrogens is 252 g/mol. The molecule has 0 amide bonds. The van der Waals surface area contributed by atoms with E-state index in [1.54, 1.807) is 19.2 Å². The van der Waals surface area contributed by atoms with Crippen molar-refractivity contribution in [2.75, 3.05) is 29.9 Å². The van der Waals surface area contributed by atoms with Gasteiger partial charge in [0.05, 0.1) is 17.1 Å². The molecule has 0 atom stereocenters. The molecule has 0 saturated carbocycles. The van der Waals surface area contributed by atoms with Crippen LogP contribution in [-0.4, -0.2) is 27.9 Å². The van der Waals surface area contributed by atoms with Gasteiger partial charge in [0.2, 0.25) is 10.0 Å². The smallest absolute Gasteiger partial charge is 0.232 e. The van der Waals surface area contributed by atoms with E-state index < -0.39 is 10.0 Å². The van der Waals surface area contributed by atoms with Crippen molar-refractivity contribution in [1.29, 1.82) is 0 Å². The van der Waals surface area contributed by atoms with Gasteiger partial charge in [-0.2, -0.15) is 0 Å². The molecule has 3 N–H and O–H groups in total. The van der Waals surface area contributed by atoms with E-state index in [4.69, 9.17) is 10.5 Å².